The van der Waals surface area contributed by atoms with Gasteiger partial charge in [0, 0.05) is 18.3 Å². The van der Waals surface area contributed by atoms with E-state index in [4.69, 9.17) is 5.11 Å². The molecule has 1 amide bonds. The minimum Gasteiger partial charge on any atom is -0.477 e. The maximum absolute atomic E-state index is 11.5. The van der Waals surface area contributed by atoms with Gasteiger partial charge in [0.15, 0.2) is 0 Å². The molecule has 1 heterocycles. The van der Waals surface area contributed by atoms with E-state index in [-0.39, 0.29) is 11.6 Å². The monoisotopic (exact) mass is 236 g/mol. The summed E-state index contributed by atoms with van der Waals surface area (Å²) in [6, 6.07) is 2.92. The molecule has 92 valence electrons. The van der Waals surface area contributed by atoms with Crippen LogP contribution in [0.4, 0.5) is 5.69 Å². The van der Waals surface area contributed by atoms with Crippen LogP contribution in [0.25, 0.3) is 0 Å². The van der Waals surface area contributed by atoms with Crippen molar-refractivity contribution in [1.29, 1.82) is 0 Å². The van der Waals surface area contributed by atoms with Gasteiger partial charge < -0.3 is 10.4 Å². The largest absolute Gasteiger partial charge is 0.477 e. The summed E-state index contributed by atoms with van der Waals surface area (Å²) in [5, 5.41) is 11.4. The lowest BCUT2D eigenvalue weighted by Crippen LogP contribution is -2.12. The fraction of sp³-hybridized carbons (Fsp3) is 0.417. The molecule has 0 bridgehead atoms. The molecule has 0 aliphatic rings. The number of carboxylic acids is 1. The summed E-state index contributed by atoms with van der Waals surface area (Å²) in [6.45, 7) is 2.07. The van der Waals surface area contributed by atoms with E-state index >= 15 is 0 Å². The Hall–Kier alpha value is -1.91. The van der Waals surface area contributed by atoms with Gasteiger partial charge in [-0.25, -0.2) is 9.78 Å². The molecule has 0 atom stereocenters. The van der Waals surface area contributed by atoms with E-state index in [1.807, 2.05) is 0 Å². The third-order valence-electron chi connectivity index (χ3n) is 2.27. The molecule has 0 unspecified atom stereocenters. The maximum Gasteiger partial charge on any atom is 0.354 e. The summed E-state index contributed by atoms with van der Waals surface area (Å²) in [7, 11) is 0. The molecule has 1 aromatic rings. The number of hydrogen-bond donors (Lipinski definition) is 2. The van der Waals surface area contributed by atoms with E-state index in [2.05, 4.69) is 17.2 Å². The van der Waals surface area contributed by atoms with Gasteiger partial charge in [-0.3, -0.25) is 4.79 Å². The molecule has 0 aromatic carbocycles. The van der Waals surface area contributed by atoms with Crippen molar-refractivity contribution in [3.63, 3.8) is 0 Å². The van der Waals surface area contributed by atoms with Crippen LogP contribution in [0.15, 0.2) is 18.3 Å². The summed E-state index contributed by atoms with van der Waals surface area (Å²) < 4.78 is 0. The van der Waals surface area contributed by atoms with E-state index in [1.165, 1.54) is 12.3 Å². The van der Waals surface area contributed by atoms with Crippen LogP contribution in [-0.4, -0.2) is 22.0 Å². The first-order valence-electron chi connectivity index (χ1n) is 5.62. The third-order valence-corrected chi connectivity index (χ3v) is 2.27. The van der Waals surface area contributed by atoms with Crippen LogP contribution in [-0.2, 0) is 4.79 Å². The second kappa shape index (κ2) is 6.62. The zero-order valence-electron chi connectivity index (χ0n) is 9.77. The molecular formula is C12H16N2O3. The molecule has 5 heteroatoms. The van der Waals surface area contributed by atoms with Crippen LogP contribution >= 0.6 is 0 Å². The quantitative estimate of drug-likeness (QED) is 0.743. The van der Waals surface area contributed by atoms with Gasteiger partial charge in [-0.2, -0.15) is 0 Å². The van der Waals surface area contributed by atoms with Gasteiger partial charge >= 0.3 is 5.97 Å². The van der Waals surface area contributed by atoms with Crippen LogP contribution in [0, 0.1) is 0 Å². The van der Waals surface area contributed by atoms with Crippen LogP contribution in [0.5, 0.6) is 0 Å². The van der Waals surface area contributed by atoms with Gasteiger partial charge in [-0.15, -0.1) is 0 Å². The molecule has 0 aliphatic heterocycles. The Kier molecular flexibility index (Phi) is 5.13. The Morgan fingerprint density at radius 3 is 2.82 bits per heavy atom. The first kappa shape index (κ1) is 13.2. The minimum absolute atomic E-state index is 0.0728. The smallest absolute Gasteiger partial charge is 0.354 e. The van der Waals surface area contributed by atoms with Crippen molar-refractivity contribution in [3.05, 3.63) is 24.0 Å². The minimum atomic E-state index is -1.10. The molecule has 1 rings (SSSR count). The van der Waals surface area contributed by atoms with Crippen molar-refractivity contribution < 1.29 is 14.7 Å². The summed E-state index contributed by atoms with van der Waals surface area (Å²) in [5.74, 6) is -1.20. The predicted octanol–water partition coefficient (Wildman–Crippen LogP) is 2.30. The number of rotatable bonds is 6. The summed E-state index contributed by atoms with van der Waals surface area (Å²) in [6.07, 6.45) is 4.75. The third kappa shape index (κ3) is 4.63. The zero-order valence-corrected chi connectivity index (χ0v) is 9.77. The average molecular weight is 236 g/mol. The number of amides is 1. The summed E-state index contributed by atoms with van der Waals surface area (Å²) in [4.78, 5) is 25.8. The highest BCUT2D eigenvalue weighted by Gasteiger charge is 2.07. The van der Waals surface area contributed by atoms with Crippen LogP contribution in [0.2, 0.25) is 0 Å². The lowest BCUT2D eigenvalue weighted by Gasteiger charge is -2.05. The van der Waals surface area contributed by atoms with Crippen molar-refractivity contribution >= 4 is 17.6 Å². The van der Waals surface area contributed by atoms with E-state index in [0.717, 1.165) is 19.3 Å². The molecule has 2 N–H and O–H groups in total. The summed E-state index contributed by atoms with van der Waals surface area (Å²) >= 11 is 0. The number of hydrogen-bond acceptors (Lipinski definition) is 3. The van der Waals surface area contributed by atoms with Crippen molar-refractivity contribution in [2.24, 2.45) is 0 Å². The number of carbonyl (C=O) groups is 2. The van der Waals surface area contributed by atoms with E-state index in [9.17, 15) is 9.59 Å². The van der Waals surface area contributed by atoms with E-state index < -0.39 is 5.97 Å². The molecule has 17 heavy (non-hydrogen) atoms. The standard InChI is InChI=1S/C12H16N2O3/c1-2-3-4-5-11(15)14-9-6-7-13-10(8-9)12(16)17/h6-8H,2-5H2,1H3,(H,16,17)(H,13,14,15). The Balaban J connectivity index is 2.53. The molecule has 0 saturated heterocycles. The zero-order chi connectivity index (χ0) is 12.7. The SMILES string of the molecule is CCCCCC(=O)Nc1ccnc(C(=O)O)c1. The molecule has 5 nitrogen and oxygen atoms in total. The molecule has 0 fully saturated rings. The average Bonchev–Trinajstić information content (AvgIpc) is 2.29. The Labute approximate surface area is 99.9 Å². The van der Waals surface area contributed by atoms with Gasteiger partial charge in [-0.1, -0.05) is 19.8 Å². The van der Waals surface area contributed by atoms with Gasteiger partial charge in [-0.05, 0) is 18.6 Å². The molecular weight excluding hydrogens is 220 g/mol. The fourth-order valence-electron chi connectivity index (χ4n) is 1.38. The molecule has 0 radical (unpaired) electrons. The van der Waals surface area contributed by atoms with E-state index in [0.29, 0.717) is 12.1 Å². The number of nitrogens with one attached hydrogen (secondary N) is 1. The normalized spacial score (nSPS) is 9.94. The van der Waals surface area contributed by atoms with Gasteiger partial charge in [0.25, 0.3) is 0 Å². The second-order valence-electron chi connectivity index (χ2n) is 3.74. The topological polar surface area (TPSA) is 79.3 Å². The molecule has 1 aromatic heterocycles. The van der Waals surface area contributed by atoms with Crippen LogP contribution in [0.3, 0.4) is 0 Å². The number of carboxylic acid groups (broad SMARTS) is 1. The number of nitrogens with zero attached hydrogens (tertiary/aromatic N) is 1. The Morgan fingerprint density at radius 2 is 2.18 bits per heavy atom. The van der Waals surface area contributed by atoms with E-state index in [1.54, 1.807) is 6.07 Å². The molecule has 0 saturated carbocycles. The second-order valence-corrected chi connectivity index (χ2v) is 3.74. The number of carbonyl (C=O) groups excluding carboxylic acids is 1. The van der Waals surface area contributed by atoms with Crippen molar-refractivity contribution in [2.45, 2.75) is 32.6 Å². The Bertz CT molecular complexity index is 404. The van der Waals surface area contributed by atoms with Crippen LogP contribution in [0.1, 0.15) is 43.1 Å². The number of anilines is 1. The first-order chi connectivity index (χ1) is 8.13. The van der Waals surface area contributed by atoms with Gasteiger partial charge in [0.05, 0.1) is 0 Å². The van der Waals surface area contributed by atoms with Crippen molar-refractivity contribution in [3.8, 4) is 0 Å². The highest BCUT2D eigenvalue weighted by Crippen LogP contribution is 2.09. The maximum atomic E-state index is 11.5. The molecule has 0 spiro atoms. The van der Waals surface area contributed by atoms with Gasteiger partial charge in [0.1, 0.15) is 5.69 Å². The number of aromatic carboxylic acids is 1. The number of pyridine rings is 1. The Morgan fingerprint density at radius 1 is 1.41 bits per heavy atom. The lowest BCUT2D eigenvalue weighted by atomic mass is 10.2. The van der Waals surface area contributed by atoms with Crippen molar-refractivity contribution in [2.75, 3.05) is 5.32 Å². The predicted molar refractivity (Wildman–Crippen MR) is 64.0 cm³/mol. The number of aromatic nitrogens is 1. The lowest BCUT2D eigenvalue weighted by molar-refractivity contribution is -0.116. The first-order valence-corrected chi connectivity index (χ1v) is 5.62. The van der Waals surface area contributed by atoms with Gasteiger partial charge in [0.2, 0.25) is 5.91 Å². The number of unbranched alkanes of at least 4 members (excludes halogenated alkanes) is 2. The highest BCUT2D eigenvalue weighted by molar-refractivity contribution is 5.92. The molecule has 0 aliphatic carbocycles. The van der Waals surface area contributed by atoms with Crippen LogP contribution < -0.4 is 5.32 Å². The van der Waals surface area contributed by atoms with Crippen molar-refractivity contribution in [1.82, 2.24) is 4.98 Å². The summed E-state index contributed by atoms with van der Waals surface area (Å²) in [5.41, 5.74) is 0.398. The highest BCUT2D eigenvalue weighted by atomic mass is 16.4. The fourth-order valence-corrected chi connectivity index (χ4v) is 1.38.